The summed E-state index contributed by atoms with van der Waals surface area (Å²) in [5, 5.41) is 7.61. The number of aromatic nitrogens is 3. The van der Waals surface area contributed by atoms with Crippen LogP contribution >= 0.6 is 11.3 Å². The molecule has 0 aliphatic carbocycles. The number of fused-ring (bicyclic) bond motifs is 1. The van der Waals surface area contributed by atoms with Gasteiger partial charge >= 0.3 is 0 Å². The lowest BCUT2D eigenvalue weighted by Crippen LogP contribution is -2.13. The maximum atomic E-state index is 12.6. The number of aromatic amines is 1. The molecule has 4 aromatic rings. The van der Waals surface area contributed by atoms with Gasteiger partial charge in [-0.1, -0.05) is 17.7 Å². The molecule has 0 saturated carbocycles. The highest BCUT2D eigenvalue weighted by Crippen LogP contribution is 2.26. The number of nitrogens with one attached hydrogen (secondary N) is 2. The number of H-pyrrole nitrogens is 1. The average Bonchev–Trinajstić information content (AvgIpc) is 3.11. The Morgan fingerprint density at radius 2 is 1.96 bits per heavy atom. The van der Waals surface area contributed by atoms with E-state index in [1.807, 2.05) is 54.1 Å². The molecule has 2 N–H and O–H groups in total. The molecule has 24 heavy (non-hydrogen) atoms. The number of rotatable bonds is 3. The Labute approximate surface area is 142 Å². The summed E-state index contributed by atoms with van der Waals surface area (Å²) in [5.41, 5.74) is 4.09. The fraction of sp³-hybridized carbons (Fsp3) is 0.0556. The van der Waals surface area contributed by atoms with Gasteiger partial charge in [-0.15, -0.1) is 0 Å². The van der Waals surface area contributed by atoms with Crippen LogP contribution in [0.3, 0.4) is 0 Å². The quantitative estimate of drug-likeness (QED) is 0.592. The smallest absolute Gasteiger partial charge is 0.262 e. The van der Waals surface area contributed by atoms with E-state index in [-0.39, 0.29) is 5.56 Å². The summed E-state index contributed by atoms with van der Waals surface area (Å²) in [6.45, 7) is 2.02. The third-order valence-corrected chi connectivity index (χ3v) is 4.44. The lowest BCUT2D eigenvalue weighted by Gasteiger charge is -2.08. The number of anilines is 2. The summed E-state index contributed by atoms with van der Waals surface area (Å²) in [5.74, 6) is 0.381. The third-order valence-electron chi connectivity index (χ3n) is 3.75. The summed E-state index contributed by atoms with van der Waals surface area (Å²) in [7, 11) is 0. The standard InChI is InChI=1S/C18H14N4OS/c1-11-2-4-13(5-3-11)20-18-21-16-15(17(23)22-18)14(6-8-19-16)12-7-9-24-10-12/h2-10H,1H3,(H2,19,20,21,22,23). The van der Waals surface area contributed by atoms with Gasteiger partial charge in [0.25, 0.3) is 5.56 Å². The molecule has 0 fully saturated rings. The predicted octanol–water partition coefficient (Wildman–Crippen LogP) is 4.10. The van der Waals surface area contributed by atoms with Crippen molar-refractivity contribution in [3.8, 4) is 11.1 Å². The van der Waals surface area contributed by atoms with E-state index in [2.05, 4.69) is 20.3 Å². The molecule has 0 unspecified atom stereocenters. The van der Waals surface area contributed by atoms with E-state index in [4.69, 9.17) is 0 Å². The second-order valence-electron chi connectivity index (χ2n) is 5.47. The molecule has 5 nitrogen and oxygen atoms in total. The summed E-state index contributed by atoms with van der Waals surface area (Å²) in [4.78, 5) is 24.1. The first-order valence-electron chi connectivity index (χ1n) is 7.46. The summed E-state index contributed by atoms with van der Waals surface area (Å²) < 4.78 is 0. The molecule has 0 radical (unpaired) electrons. The van der Waals surface area contributed by atoms with Crippen molar-refractivity contribution in [3.63, 3.8) is 0 Å². The van der Waals surface area contributed by atoms with Crippen LogP contribution in [0.4, 0.5) is 11.6 Å². The summed E-state index contributed by atoms with van der Waals surface area (Å²) in [6.07, 6.45) is 1.68. The van der Waals surface area contributed by atoms with Gasteiger partial charge in [0.2, 0.25) is 5.95 Å². The largest absolute Gasteiger partial charge is 0.326 e. The van der Waals surface area contributed by atoms with Crippen molar-refractivity contribution in [1.29, 1.82) is 0 Å². The van der Waals surface area contributed by atoms with Crippen LogP contribution in [0.5, 0.6) is 0 Å². The van der Waals surface area contributed by atoms with Crippen molar-refractivity contribution in [2.45, 2.75) is 6.92 Å². The first-order chi connectivity index (χ1) is 11.7. The van der Waals surface area contributed by atoms with E-state index in [1.165, 1.54) is 5.56 Å². The van der Waals surface area contributed by atoms with Crippen molar-refractivity contribution in [2.75, 3.05) is 5.32 Å². The van der Waals surface area contributed by atoms with Crippen LogP contribution in [0, 0.1) is 6.92 Å². The number of nitrogens with zero attached hydrogens (tertiary/aromatic N) is 2. The van der Waals surface area contributed by atoms with Crippen LogP contribution in [0.1, 0.15) is 5.56 Å². The highest BCUT2D eigenvalue weighted by molar-refractivity contribution is 7.08. The molecule has 3 heterocycles. The van der Waals surface area contributed by atoms with E-state index in [0.717, 1.165) is 16.8 Å². The molecule has 1 aromatic carbocycles. The minimum atomic E-state index is -0.205. The molecule has 0 bridgehead atoms. The molecule has 6 heteroatoms. The normalized spacial score (nSPS) is 10.9. The average molecular weight is 334 g/mol. The zero-order valence-corrected chi connectivity index (χ0v) is 13.7. The summed E-state index contributed by atoms with van der Waals surface area (Å²) in [6, 6.07) is 11.7. The van der Waals surface area contributed by atoms with Crippen LogP contribution in [-0.2, 0) is 0 Å². The fourth-order valence-electron chi connectivity index (χ4n) is 2.55. The maximum absolute atomic E-state index is 12.6. The van der Waals surface area contributed by atoms with E-state index in [9.17, 15) is 4.79 Å². The minimum absolute atomic E-state index is 0.205. The molecule has 0 spiro atoms. The van der Waals surface area contributed by atoms with Crippen molar-refractivity contribution >= 4 is 34.0 Å². The first-order valence-corrected chi connectivity index (χ1v) is 8.40. The lowest BCUT2D eigenvalue weighted by molar-refractivity contribution is 1.14. The van der Waals surface area contributed by atoms with Crippen molar-refractivity contribution in [1.82, 2.24) is 15.0 Å². The SMILES string of the molecule is Cc1ccc(Nc2nc3nccc(-c4ccsc4)c3c(=O)[nH]2)cc1. The second kappa shape index (κ2) is 5.90. The van der Waals surface area contributed by atoms with Gasteiger partial charge in [-0.25, -0.2) is 4.98 Å². The molecule has 0 atom stereocenters. The van der Waals surface area contributed by atoms with Crippen LogP contribution in [0.15, 0.2) is 58.1 Å². The Kier molecular flexibility index (Phi) is 3.59. The van der Waals surface area contributed by atoms with Gasteiger partial charge in [-0.2, -0.15) is 16.3 Å². The molecule has 0 aliphatic rings. The predicted molar refractivity (Wildman–Crippen MR) is 97.9 cm³/mol. The Morgan fingerprint density at radius 1 is 1.12 bits per heavy atom. The van der Waals surface area contributed by atoms with Gasteiger partial charge < -0.3 is 5.32 Å². The number of thiophene rings is 1. The number of pyridine rings is 1. The molecule has 0 saturated heterocycles. The molecule has 0 aliphatic heterocycles. The van der Waals surface area contributed by atoms with Crippen molar-refractivity contribution < 1.29 is 0 Å². The highest BCUT2D eigenvalue weighted by atomic mass is 32.1. The monoisotopic (exact) mass is 334 g/mol. The van der Waals surface area contributed by atoms with E-state index >= 15 is 0 Å². The topological polar surface area (TPSA) is 70.7 Å². The molecule has 0 amide bonds. The van der Waals surface area contributed by atoms with Crippen molar-refractivity contribution in [2.24, 2.45) is 0 Å². The molecule has 4 rings (SSSR count). The third kappa shape index (κ3) is 2.68. The van der Waals surface area contributed by atoms with Gasteiger partial charge in [-0.3, -0.25) is 9.78 Å². The van der Waals surface area contributed by atoms with Crippen LogP contribution in [-0.4, -0.2) is 15.0 Å². The Hall–Kier alpha value is -2.99. The lowest BCUT2D eigenvalue weighted by atomic mass is 10.1. The van der Waals surface area contributed by atoms with E-state index < -0.39 is 0 Å². The zero-order valence-electron chi connectivity index (χ0n) is 12.9. The van der Waals surface area contributed by atoms with Gasteiger partial charge in [0.15, 0.2) is 5.65 Å². The van der Waals surface area contributed by atoms with E-state index in [1.54, 1.807) is 17.5 Å². The van der Waals surface area contributed by atoms with Gasteiger partial charge in [0, 0.05) is 17.4 Å². The Bertz CT molecular complexity index is 1050. The fourth-order valence-corrected chi connectivity index (χ4v) is 3.21. The number of hydrogen-bond acceptors (Lipinski definition) is 5. The Balaban J connectivity index is 1.81. The van der Waals surface area contributed by atoms with Gasteiger partial charge in [0.1, 0.15) is 0 Å². The molecular formula is C18H14N4OS. The van der Waals surface area contributed by atoms with Gasteiger partial charge in [0.05, 0.1) is 5.39 Å². The summed E-state index contributed by atoms with van der Waals surface area (Å²) >= 11 is 1.59. The zero-order chi connectivity index (χ0) is 16.5. The highest BCUT2D eigenvalue weighted by Gasteiger charge is 2.11. The van der Waals surface area contributed by atoms with Crippen LogP contribution in [0.25, 0.3) is 22.2 Å². The second-order valence-corrected chi connectivity index (χ2v) is 6.25. The maximum Gasteiger partial charge on any atom is 0.262 e. The molecule has 3 aromatic heterocycles. The van der Waals surface area contributed by atoms with Crippen molar-refractivity contribution in [3.05, 3.63) is 69.3 Å². The minimum Gasteiger partial charge on any atom is -0.326 e. The Morgan fingerprint density at radius 3 is 2.71 bits per heavy atom. The van der Waals surface area contributed by atoms with E-state index in [0.29, 0.717) is 17.0 Å². The van der Waals surface area contributed by atoms with Crippen LogP contribution in [0.2, 0.25) is 0 Å². The number of aryl methyl sites for hydroxylation is 1. The molecular weight excluding hydrogens is 320 g/mol. The molecule has 118 valence electrons. The first kappa shape index (κ1) is 14.6. The number of benzene rings is 1. The van der Waals surface area contributed by atoms with Crippen LogP contribution < -0.4 is 10.9 Å². The van der Waals surface area contributed by atoms with Gasteiger partial charge in [-0.05, 0) is 47.5 Å². The number of hydrogen-bond donors (Lipinski definition) is 2.